The van der Waals surface area contributed by atoms with Gasteiger partial charge in [-0.25, -0.2) is 4.98 Å². The molecule has 0 saturated carbocycles. The third-order valence-corrected chi connectivity index (χ3v) is 3.03. The van der Waals surface area contributed by atoms with Gasteiger partial charge in [0.15, 0.2) is 5.69 Å². The molecule has 0 spiro atoms. The maximum atomic E-state index is 12.4. The van der Waals surface area contributed by atoms with Crippen LogP contribution < -0.4 is 5.32 Å². The molecule has 1 aromatic rings. The summed E-state index contributed by atoms with van der Waals surface area (Å²) in [5, 5.41) is 12.4. The van der Waals surface area contributed by atoms with E-state index in [9.17, 15) is 14.7 Å². The Bertz CT molecular complexity index is 506. The van der Waals surface area contributed by atoms with Crippen LogP contribution in [0.3, 0.4) is 0 Å². The van der Waals surface area contributed by atoms with E-state index in [1.807, 2.05) is 0 Å². The number of pyridine rings is 1. The first-order valence-electron chi connectivity index (χ1n) is 6.45. The first kappa shape index (κ1) is 14.3. The molecule has 1 aliphatic rings. The van der Waals surface area contributed by atoms with E-state index in [0.29, 0.717) is 13.2 Å². The molecule has 1 aliphatic heterocycles. The minimum absolute atomic E-state index is 0.0521. The number of aromatic hydroxyl groups is 1. The highest BCUT2D eigenvalue weighted by atomic mass is 16.5. The van der Waals surface area contributed by atoms with Crippen molar-refractivity contribution in [1.82, 2.24) is 15.2 Å². The highest BCUT2D eigenvalue weighted by Gasteiger charge is 2.34. The van der Waals surface area contributed by atoms with Gasteiger partial charge in [0, 0.05) is 19.3 Å². The van der Waals surface area contributed by atoms with Gasteiger partial charge in [0.1, 0.15) is 11.8 Å². The van der Waals surface area contributed by atoms with E-state index < -0.39 is 11.9 Å². The lowest BCUT2D eigenvalue weighted by Crippen LogP contribution is -2.56. The number of amides is 2. The molecule has 1 aromatic heterocycles. The van der Waals surface area contributed by atoms with E-state index in [-0.39, 0.29) is 30.5 Å². The molecular formula is C13H17N3O4. The summed E-state index contributed by atoms with van der Waals surface area (Å²) in [5.74, 6) is -0.933. The van der Waals surface area contributed by atoms with Crippen LogP contribution in [0.4, 0.5) is 0 Å². The molecule has 0 radical (unpaired) electrons. The first-order valence-corrected chi connectivity index (χ1v) is 6.45. The third-order valence-electron chi connectivity index (χ3n) is 3.03. The van der Waals surface area contributed by atoms with Crippen molar-refractivity contribution in [3.05, 3.63) is 24.0 Å². The quantitative estimate of drug-likeness (QED) is 0.797. The van der Waals surface area contributed by atoms with Gasteiger partial charge in [-0.15, -0.1) is 0 Å². The molecule has 20 heavy (non-hydrogen) atoms. The predicted molar refractivity (Wildman–Crippen MR) is 70.2 cm³/mol. The zero-order valence-corrected chi connectivity index (χ0v) is 11.2. The minimum Gasteiger partial charge on any atom is -0.505 e. The lowest BCUT2D eigenvalue weighted by Gasteiger charge is -2.34. The van der Waals surface area contributed by atoms with Gasteiger partial charge < -0.3 is 20.1 Å². The van der Waals surface area contributed by atoms with Crippen LogP contribution >= 0.6 is 0 Å². The zero-order chi connectivity index (χ0) is 14.5. The molecule has 108 valence electrons. The summed E-state index contributed by atoms with van der Waals surface area (Å²) in [6, 6.07) is 2.23. The van der Waals surface area contributed by atoms with Crippen molar-refractivity contribution >= 4 is 11.8 Å². The summed E-state index contributed by atoms with van der Waals surface area (Å²) < 4.78 is 5.26. The van der Waals surface area contributed by atoms with Crippen LogP contribution in [0.1, 0.15) is 17.4 Å². The molecule has 0 bridgehead atoms. The van der Waals surface area contributed by atoms with Crippen molar-refractivity contribution in [2.24, 2.45) is 0 Å². The lowest BCUT2D eigenvalue weighted by atomic mass is 10.1. The van der Waals surface area contributed by atoms with Crippen LogP contribution in [0.25, 0.3) is 0 Å². The maximum absolute atomic E-state index is 12.4. The van der Waals surface area contributed by atoms with Gasteiger partial charge in [-0.3, -0.25) is 9.59 Å². The smallest absolute Gasteiger partial charge is 0.277 e. The minimum atomic E-state index is -0.697. The standard InChI is InChI=1S/C13H17N3O4/c1-2-14-12(18)9-8-20-7-6-16(9)13(19)11-10(17)4-3-5-15-11/h3-5,9,17H,2,6-8H2,1H3,(H,14,18). The summed E-state index contributed by atoms with van der Waals surface area (Å²) in [6.45, 7) is 3.07. The summed E-state index contributed by atoms with van der Waals surface area (Å²) in [6.07, 6.45) is 1.43. The highest BCUT2D eigenvalue weighted by Crippen LogP contribution is 2.18. The molecule has 2 rings (SSSR count). The zero-order valence-electron chi connectivity index (χ0n) is 11.2. The molecule has 1 fully saturated rings. The van der Waals surface area contributed by atoms with Crippen molar-refractivity contribution in [2.45, 2.75) is 13.0 Å². The fourth-order valence-electron chi connectivity index (χ4n) is 2.05. The molecular weight excluding hydrogens is 262 g/mol. The molecule has 1 unspecified atom stereocenters. The van der Waals surface area contributed by atoms with Crippen LogP contribution in [0, 0.1) is 0 Å². The Kier molecular flexibility index (Phi) is 4.52. The molecule has 2 N–H and O–H groups in total. The van der Waals surface area contributed by atoms with Gasteiger partial charge in [-0.2, -0.15) is 0 Å². The summed E-state index contributed by atoms with van der Waals surface area (Å²) in [4.78, 5) is 29.6. The Morgan fingerprint density at radius 3 is 3.10 bits per heavy atom. The average molecular weight is 279 g/mol. The van der Waals surface area contributed by atoms with Gasteiger partial charge in [0.05, 0.1) is 13.2 Å². The van der Waals surface area contributed by atoms with E-state index in [0.717, 1.165) is 0 Å². The first-order chi connectivity index (χ1) is 9.65. The van der Waals surface area contributed by atoms with E-state index in [1.165, 1.54) is 23.2 Å². The number of rotatable bonds is 3. The van der Waals surface area contributed by atoms with Crippen molar-refractivity contribution in [3.63, 3.8) is 0 Å². The average Bonchev–Trinajstić information content (AvgIpc) is 2.47. The van der Waals surface area contributed by atoms with Crippen LogP contribution in [-0.2, 0) is 9.53 Å². The number of carbonyl (C=O) groups is 2. The molecule has 1 saturated heterocycles. The van der Waals surface area contributed by atoms with Crippen molar-refractivity contribution in [3.8, 4) is 5.75 Å². The maximum Gasteiger partial charge on any atom is 0.277 e. The molecule has 2 amide bonds. The molecule has 0 aromatic carbocycles. The lowest BCUT2D eigenvalue weighted by molar-refractivity contribution is -0.130. The second-order valence-corrected chi connectivity index (χ2v) is 4.35. The monoisotopic (exact) mass is 279 g/mol. The van der Waals surface area contributed by atoms with Crippen LogP contribution in [0.2, 0.25) is 0 Å². The number of aromatic nitrogens is 1. The Labute approximate surface area is 116 Å². The number of likely N-dealkylation sites (N-methyl/N-ethyl adjacent to an activating group) is 1. The van der Waals surface area contributed by atoms with E-state index in [1.54, 1.807) is 6.92 Å². The topological polar surface area (TPSA) is 91.8 Å². The van der Waals surface area contributed by atoms with Crippen molar-refractivity contribution in [1.29, 1.82) is 0 Å². The molecule has 7 heteroatoms. The number of morpholine rings is 1. The van der Waals surface area contributed by atoms with Gasteiger partial charge in [0.25, 0.3) is 5.91 Å². The summed E-state index contributed by atoms with van der Waals surface area (Å²) in [5.41, 5.74) is -0.0521. The molecule has 2 heterocycles. The Hall–Kier alpha value is -2.15. The van der Waals surface area contributed by atoms with E-state index in [4.69, 9.17) is 4.74 Å². The molecule has 7 nitrogen and oxygen atoms in total. The number of nitrogens with one attached hydrogen (secondary N) is 1. The molecule has 0 aliphatic carbocycles. The van der Waals surface area contributed by atoms with Crippen LogP contribution in [0.5, 0.6) is 5.75 Å². The Morgan fingerprint density at radius 2 is 2.40 bits per heavy atom. The number of nitrogens with zero attached hydrogens (tertiary/aromatic N) is 2. The second-order valence-electron chi connectivity index (χ2n) is 4.35. The Morgan fingerprint density at radius 1 is 1.60 bits per heavy atom. The summed E-state index contributed by atoms with van der Waals surface area (Å²) in [7, 11) is 0. The van der Waals surface area contributed by atoms with Crippen molar-refractivity contribution in [2.75, 3.05) is 26.3 Å². The third kappa shape index (κ3) is 2.88. The number of hydrogen-bond donors (Lipinski definition) is 2. The summed E-state index contributed by atoms with van der Waals surface area (Å²) >= 11 is 0. The molecule has 1 atom stereocenters. The fourth-order valence-corrected chi connectivity index (χ4v) is 2.05. The second kappa shape index (κ2) is 6.33. The van der Waals surface area contributed by atoms with Gasteiger partial charge in [-0.1, -0.05) is 0 Å². The normalized spacial score (nSPS) is 18.6. The number of carbonyl (C=O) groups excluding carboxylic acids is 2. The fraction of sp³-hybridized carbons (Fsp3) is 0.462. The SMILES string of the molecule is CCNC(=O)C1COCCN1C(=O)c1ncccc1O. The largest absolute Gasteiger partial charge is 0.505 e. The predicted octanol–water partition coefficient (Wildman–Crippen LogP) is -0.236. The van der Waals surface area contributed by atoms with E-state index in [2.05, 4.69) is 10.3 Å². The van der Waals surface area contributed by atoms with Crippen LogP contribution in [0.15, 0.2) is 18.3 Å². The van der Waals surface area contributed by atoms with Gasteiger partial charge in [0.2, 0.25) is 5.91 Å². The van der Waals surface area contributed by atoms with Gasteiger partial charge in [-0.05, 0) is 19.1 Å². The Balaban J connectivity index is 2.22. The highest BCUT2D eigenvalue weighted by molar-refractivity contribution is 5.98. The van der Waals surface area contributed by atoms with Gasteiger partial charge >= 0.3 is 0 Å². The van der Waals surface area contributed by atoms with Crippen molar-refractivity contribution < 1.29 is 19.4 Å². The number of ether oxygens (including phenoxy) is 1. The van der Waals surface area contributed by atoms with Crippen LogP contribution in [-0.4, -0.2) is 59.1 Å². The van der Waals surface area contributed by atoms with E-state index >= 15 is 0 Å². The number of hydrogen-bond acceptors (Lipinski definition) is 5.